The van der Waals surface area contributed by atoms with E-state index in [0.29, 0.717) is 0 Å². The first kappa shape index (κ1) is 9.39. The normalized spacial score (nSPS) is 13.0. The number of hydrogen-bond donors (Lipinski definition) is 0. The van der Waals surface area contributed by atoms with E-state index < -0.39 is 0 Å². The van der Waals surface area contributed by atoms with Gasteiger partial charge in [0.25, 0.3) is 0 Å². The Hall–Kier alpha value is -0.700. The van der Waals surface area contributed by atoms with Gasteiger partial charge in [-0.15, -0.1) is 11.3 Å². The molecule has 0 aliphatic rings. The highest BCUT2D eigenvalue weighted by Crippen LogP contribution is 2.24. The van der Waals surface area contributed by atoms with Gasteiger partial charge in [0, 0.05) is 4.88 Å². The summed E-state index contributed by atoms with van der Waals surface area (Å²) in [4.78, 5) is 16.6. The smallest absolute Gasteiger partial charge is 0.139 e. The average molecular weight is 183 g/mol. The fourth-order valence-electron chi connectivity index (χ4n) is 0.857. The first-order valence-corrected chi connectivity index (χ1v) is 4.78. The van der Waals surface area contributed by atoms with Gasteiger partial charge >= 0.3 is 0 Å². The van der Waals surface area contributed by atoms with Crippen molar-refractivity contribution in [2.75, 3.05) is 0 Å². The van der Waals surface area contributed by atoms with Crippen LogP contribution in [0.4, 0.5) is 0 Å². The molecule has 0 amide bonds. The molecule has 2 nitrogen and oxygen atoms in total. The third-order valence-corrected chi connectivity index (χ3v) is 3.28. The molecule has 0 saturated heterocycles. The molecular weight excluding hydrogens is 170 g/mol. The lowest BCUT2D eigenvalue weighted by Gasteiger charge is -2.00. The van der Waals surface area contributed by atoms with Crippen LogP contribution >= 0.6 is 11.3 Å². The van der Waals surface area contributed by atoms with Crippen molar-refractivity contribution >= 4 is 17.1 Å². The number of aromatic nitrogens is 1. The maximum absolute atomic E-state index is 11.0. The molecule has 0 aliphatic heterocycles. The number of ketones is 1. The quantitative estimate of drug-likeness (QED) is 0.705. The van der Waals surface area contributed by atoms with E-state index in [9.17, 15) is 4.79 Å². The third kappa shape index (κ3) is 1.72. The molecule has 0 N–H and O–H groups in total. The molecular formula is C9H13NOS. The fraction of sp³-hybridized carbons (Fsp3) is 0.556. The molecule has 0 bridgehead atoms. The van der Waals surface area contributed by atoms with Gasteiger partial charge in [0.15, 0.2) is 0 Å². The highest BCUT2D eigenvalue weighted by Gasteiger charge is 2.15. The van der Waals surface area contributed by atoms with Crippen molar-refractivity contribution in [2.45, 2.75) is 33.6 Å². The van der Waals surface area contributed by atoms with E-state index in [-0.39, 0.29) is 11.7 Å². The summed E-state index contributed by atoms with van der Waals surface area (Å²) in [6.07, 6.45) is 0. The molecule has 0 aromatic carbocycles. The number of aryl methyl sites for hydroxylation is 2. The van der Waals surface area contributed by atoms with Crippen LogP contribution in [0.15, 0.2) is 0 Å². The van der Waals surface area contributed by atoms with Crippen molar-refractivity contribution in [3.05, 3.63) is 15.6 Å². The van der Waals surface area contributed by atoms with Gasteiger partial charge in [-0.25, -0.2) is 4.98 Å². The second kappa shape index (κ2) is 3.35. The summed E-state index contributed by atoms with van der Waals surface area (Å²) in [7, 11) is 0. The molecule has 1 unspecified atom stereocenters. The van der Waals surface area contributed by atoms with Gasteiger partial charge < -0.3 is 0 Å². The Labute approximate surface area is 76.6 Å². The predicted octanol–water partition coefficient (Wildman–Crippen LogP) is 2.45. The van der Waals surface area contributed by atoms with Crippen LogP contribution in [0.3, 0.4) is 0 Å². The Kier molecular flexibility index (Phi) is 2.62. The van der Waals surface area contributed by atoms with Crippen LogP contribution < -0.4 is 0 Å². The Balaban J connectivity index is 2.96. The van der Waals surface area contributed by atoms with Gasteiger partial charge in [0.05, 0.1) is 11.6 Å². The molecule has 0 saturated carbocycles. The van der Waals surface area contributed by atoms with Crippen LogP contribution in [0.2, 0.25) is 0 Å². The summed E-state index contributed by atoms with van der Waals surface area (Å²) in [6, 6.07) is 0. The third-order valence-electron chi connectivity index (χ3n) is 2.03. The van der Waals surface area contributed by atoms with E-state index in [1.807, 2.05) is 20.8 Å². The zero-order valence-electron chi connectivity index (χ0n) is 7.84. The zero-order valence-corrected chi connectivity index (χ0v) is 8.66. The summed E-state index contributed by atoms with van der Waals surface area (Å²) in [6.45, 7) is 7.52. The first-order valence-electron chi connectivity index (χ1n) is 3.96. The Morgan fingerprint density at radius 2 is 2.08 bits per heavy atom. The van der Waals surface area contributed by atoms with Gasteiger partial charge in [-0.1, -0.05) is 0 Å². The zero-order chi connectivity index (χ0) is 9.30. The maximum Gasteiger partial charge on any atom is 0.139 e. The largest absolute Gasteiger partial charge is 0.299 e. The Bertz CT molecular complexity index is 284. The number of nitrogens with zero attached hydrogens (tertiary/aromatic N) is 1. The molecule has 12 heavy (non-hydrogen) atoms. The summed E-state index contributed by atoms with van der Waals surface area (Å²) in [5.74, 6) is 0.145. The minimum atomic E-state index is -0.0394. The Morgan fingerprint density at radius 3 is 2.42 bits per heavy atom. The molecule has 1 rings (SSSR count). The van der Waals surface area contributed by atoms with Gasteiger partial charge in [-0.3, -0.25) is 4.79 Å². The van der Waals surface area contributed by atoms with Crippen LogP contribution in [0.5, 0.6) is 0 Å². The second-order valence-electron chi connectivity index (χ2n) is 3.03. The number of thiazole rings is 1. The van der Waals surface area contributed by atoms with Crippen molar-refractivity contribution in [1.29, 1.82) is 0 Å². The van der Waals surface area contributed by atoms with Crippen molar-refractivity contribution < 1.29 is 4.79 Å². The van der Waals surface area contributed by atoms with Crippen LogP contribution in [0, 0.1) is 13.8 Å². The lowest BCUT2D eigenvalue weighted by atomic mass is 10.1. The van der Waals surface area contributed by atoms with Gasteiger partial charge in [0.1, 0.15) is 10.8 Å². The molecule has 1 heterocycles. The maximum atomic E-state index is 11.0. The van der Waals surface area contributed by atoms with Gasteiger partial charge in [0.2, 0.25) is 0 Å². The number of carbonyl (C=O) groups excluding carboxylic acids is 1. The fourth-order valence-corrected chi connectivity index (χ4v) is 1.89. The van der Waals surface area contributed by atoms with Gasteiger partial charge in [-0.05, 0) is 27.7 Å². The SMILES string of the molecule is CC(=O)C(C)c1nc(C)c(C)s1. The van der Waals surface area contributed by atoms with Crippen molar-refractivity contribution in [1.82, 2.24) is 4.98 Å². The minimum Gasteiger partial charge on any atom is -0.299 e. The van der Waals surface area contributed by atoms with E-state index in [0.717, 1.165) is 10.7 Å². The van der Waals surface area contributed by atoms with E-state index in [1.165, 1.54) is 4.88 Å². The number of carbonyl (C=O) groups is 1. The summed E-state index contributed by atoms with van der Waals surface area (Å²) in [5.41, 5.74) is 1.04. The van der Waals surface area contributed by atoms with E-state index in [2.05, 4.69) is 4.98 Å². The molecule has 1 aromatic heterocycles. The molecule has 1 aromatic rings. The number of Topliss-reactive ketones (excluding diaryl/α,β-unsaturated/α-hetero) is 1. The predicted molar refractivity (Wildman–Crippen MR) is 50.7 cm³/mol. The van der Waals surface area contributed by atoms with Crippen molar-refractivity contribution in [3.63, 3.8) is 0 Å². The summed E-state index contributed by atoms with van der Waals surface area (Å²) in [5, 5.41) is 0.942. The van der Waals surface area contributed by atoms with E-state index >= 15 is 0 Å². The molecule has 0 spiro atoms. The summed E-state index contributed by atoms with van der Waals surface area (Å²) >= 11 is 1.62. The lowest BCUT2D eigenvalue weighted by Crippen LogP contribution is -2.03. The Morgan fingerprint density at radius 1 is 1.50 bits per heavy atom. The highest BCUT2D eigenvalue weighted by atomic mass is 32.1. The highest BCUT2D eigenvalue weighted by molar-refractivity contribution is 7.11. The van der Waals surface area contributed by atoms with Gasteiger partial charge in [-0.2, -0.15) is 0 Å². The standard InChI is InChI=1S/C9H13NOS/c1-5(7(3)11)9-10-6(2)8(4)12-9/h5H,1-4H3. The van der Waals surface area contributed by atoms with Crippen LogP contribution in [0.1, 0.15) is 35.3 Å². The monoisotopic (exact) mass is 183 g/mol. The molecule has 0 aliphatic carbocycles. The number of rotatable bonds is 2. The first-order chi connectivity index (χ1) is 5.52. The molecule has 3 heteroatoms. The molecule has 66 valence electrons. The van der Waals surface area contributed by atoms with Crippen LogP contribution in [-0.2, 0) is 4.79 Å². The van der Waals surface area contributed by atoms with Crippen LogP contribution in [-0.4, -0.2) is 10.8 Å². The van der Waals surface area contributed by atoms with E-state index in [1.54, 1.807) is 18.3 Å². The van der Waals surface area contributed by atoms with Crippen molar-refractivity contribution in [2.24, 2.45) is 0 Å². The number of hydrogen-bond acceptors (Lipinski definition) is 3. The summed E-state index contributed by atoms with van der Waals surface area (Å²) < 4.78 is 0. The van der Waals surface area contributed by atoms with Crippen molar-refractivity contribution in [3.8, 4) is 0 Å². The second-order valence-corrected chi connectivity index (χ2v) is 4.26. The van der Waals surface area contributed by atoms with E-state index in [4.69, 9.17) is 0 Å². The molecule has 0 fully saturated rings. The minimum absolute atomic E-state index is 0.0394. The average Bonchev–Trinajstić information content (AvgIpc) is 2.30. The lowest BCUT2D eigenvalue weighted by molar-refractivity contribution is -0.118. The molecule has 0 radical (unpaired) electrons. The van der Waals surface area contributed by atoms with Crippen LogP contribution in [0.25, 0.3) is 0 Å². The topological polar surface area (TPSA) is 30.0 Å². The molecule has 1 atom stereocenters.